The highest BCUT2D eigenvalue weighted by Crippen LogP contribution is 2.29. The van der Waals surface area contributed by atoms with E-state index in [0.717, 1.165) is 24.3 Å². The number of benzene rings is 2. The first-order chi connectivity index (χ1) is 9.36. The van der Waals surface area contributed by atoms with Gasteiger partial charge in [-0.05, 0) is 42.5 Å². The van der Waals surface area contributed by atoms with Crippen LogP contribution in [0.2, 0.25) is 5.02 Å². The molecule has 20 heavy (non-hydrogen) atoms. The molecule has 6 heteroatoms. The van der Waals surface area contributed by atoms with E-state index in [0.29, 0.717) is 5.02 Å². The summed E-state index contributed by atoms with van der Waals surface area (Å²) in [6.45, 7) is 0. The summed E-state index contributed by atoms with van der Waals surface area (Å²) in [5, 5.41) is 0.391. The number of hydrogen-bond donors (Lipinski definition) is 0. The third-order valence-corrected chi connectivity index (χ3v) is 2.69. The lowest BCUT2D eigenvalue weighted by atomic mass is 10.1. The Hall–Kier alpha value is -2.01. The number of alkyl halides is 3. The molecule has 2 rings (SSSR count). The molecule has 0 heterocycles. The summed E-state index contributed by atoms with van der Waals surface area (Å²) in [4.78, 5) is 11.7. The summed E-state index contributed by atoms with van der Waals surface area (Å²) in [7, 11) is 0. The summed E-state index contributed by atoms with van der Waals surface area (Å²) < 4.78 is 42.1. The van der Waals surface area contributed by atoms with E-state index in [4.69, 9.17) is 16.3 Å². The molecule has 0 radical (unpaired) electrons. The molecular formula is C14H8ClF3O2. The average molecular weight is 301 g/mol. The van der Waals surface area contributed by atoms with Gasteiger partial charge in [-0.25, -0.2) is 4.79 Å². The van der Waals surface area contributed by atoms with Crippen LogP contribution in [0.25, 0.3) is 0 Å². The smallest absolute Gasteiger partial charge is 0.416 e. The third-order valence-electron chi connectivity index (χ3n) is 2.45. The van der Waals surface area contributed by atoms with Crippen molar-refractivity contribution in [1.82, 2.24) is 0 Å². The van der Waals surface area contributed by atoms with Crippen molar-refractivity contribution in [2.45, 2.75) is 6.18 Å². The summed E-state index contributed by atoms with van der Waals surface area (Å²) in [6.07, 6.45) is -4.44. The van der Waals surface area contributed by atoms with Crippen molar-refractivity contribution in [2.75, 3.05) is 0 Å². The fraction of sp³-hybridized carbons (Fsp3) is 0.0714. The van der Waals surface area contributed by atoms with Crippen molar-refractivity contribution in [3.8, 4) is 5.75 Å². The molecule has 0 spiro atoms. The van der Waals surface area contributed by atoms with Gasteiger partial charge in [0, 0.05) is 5.02 Å². The van der Waals surface area contributed by atoms with E-state index < -0.39 is 17.7 Å². The molecule has 2 aromatic rings. The summed E-state index contributed by atoms with van der Waals surface area (Å²) in [5.74, 6) is -0.525. The first kappa shape index (κ1) is 14.4. The highest BCUT2D eigenvalue weighted by atomic mass is 35.5. The van der Waals surface area contributed by atoms with Gasteiger partial charge in [0.25, 0.3) is 0 Å². The molecular weight excluding hydrogens is 293 g/mol. The summed E-state index contributed by atoms with van der Waals surface area (Å²) >= 11 is 5.73. The van der Waals surface area contributed by atoms with E-state index in [1.54, 1.807) is 12.1 Å². The van der Waals surface area contributed by atoms with Crippen LogP contribution in [0.1, 0.15) is 15.9 Å². The maximum Gasteiger partial charge on any atom is 0.416 e. The average Bonchev–Trinajstić information content (AvgIpc) is 2.38. The lowest BCUT2D eigenvalue weighted by Crippen LogP contribution is -2.10. The molecule has 0 N–H and O–H groups in total. The minimum absolute atomic E-state index is 0.0259. The zero-order valence-corrected chi connectivity index (χ0v) is 10.7. The van der Waals surface area contributed by atoms with E-state index in [9.17, 15) is 18.0 Å². The lowest BCUT2D eigenvalue weighted by Gasteiger charge is -2.08. The Balaban J connectivity index is 2.14. The summed E-state index contributed by atoms with van der Waals surface area (Å²) in [6, 6.07) is 9.95. The maximum atomic E-state index is 12.4. The van der Waals surface area contributed by atoms with Crippen LogP contribution >= 0.6 is 11.6 Å². The normalized spacial score (nSPS) is 11.2. The van der Waals surface area contributed by atoms with Crippen molar-refractivity contribution in [3.05, 3.63) is 64.7 Å². The van der Waals surface area contributed by atoms with Crippen LogP contribution in [0, 0.1) is 0 Å². The largest absolute Gasteiger partial charge is 0.423 e. The van der Waals surface area contributed by atoms with Gasteiger partial charge in [-0.15, -0.1) is 0 Å². The Kier molecular flexibility index (Phi) is 3.99. The van der Waals surface area contributed by atoms with Crippen LogP contribution in [0.4, 0.5) is 13.2 Å². The number of carbonyl (C=O) groups excluding carboxylic acids is 1. The quantitative estimate of drug-likeness (QED) is 0.599. The first-order valence-corrected chi connectivity index (χ1v) is 5.89. The van der Waals surface area contributed by atoms with Crippen LogP contribution < -0.4 is 4.74 Å². The molecule has 104 valence electrons. The van der Waals surface area contributed by atoms with Crippen molar-refractivity contribution >= 4 is 17.6 Å². The lowest BCUT2D eigenvalue weighted by molar-refractivity contribution is -0.137. The van der Waals surface area contributed by atoms with Gasteiger partial charge < -0.3 is 4.74 Å². The van der Waals surface area contributed by atoms with Gasteiger partial charge in [-0.1, -0.05) is 17.7 Å². The van der Waals surface area contributed by atoms with Gasteiger partial charge in [0.1, 0.15) is 5.75 Å². The van der Waals surface area contributed by atoms with Crippen molar-refractivity contribution in [3.63, 3.8) is 0 Å². The Morgan fingerprint density at radius 1 is 1.05 bits per heavy atom. The molecule has 0 unspecified atom stereocenters. The van der Waals surface area contributed by atoms with E-state index >= 15 is 0 Å². The minimum Gasteiger partial charge on any atom is -0.423 e. The number of halogens is 4. The molecule has 0 fully saturated rings. The molecule has 2 nitrogen and oxygen atoms in total. The molecule has 0 aliphatic heterocycles. The fourth-order valence-corrected chi connectivity index (χ4v) is 1.67. The van der Waals surface area contributed by atoms with Crippen LogP contribution in [-0.2, 0) is 6.18 Å². The van der Waals surface area contributed by atoms with E-state index in [2.05, 4.69) is 0 Å². The highest BCUT2D eigenvalue weighted by Gasteiger charge is 2.30. The van der Waals surface area contributed by atoms with Gasteiger partial charge in [-0.3, -0.25) is 0 Å². The standard InChI is InChI=1S/C14H8ClF3O2/c15-11-2-1-3-12(8-11)20-13(19)9-4-6-10(7-5-9)14(16,17)18/h1-8H. The number of ether oxygens (including phenoxy) is 1. The minimum atomic E-state index is -4.44. The predicted molar refractivity (Wildman–Crippen MR) is 67.9 cm³/mol. The van der Waals surface area contributed by atoms with Crippen LogP contribution in [0.15, 0.2) is 48.5 Å². The van der Waals surface area contributed by atoms with E-state index in [1.165, 1.54) is 12.1 Å². The van der Waals surface area contributed by atoms with Crippen LogP contribution in [-0.4, -0.2) is 5.97 Å². The molecule has 0 bridgehead atoms. The molecule has 0 saturated carbocycles. The number of carbonyl (C=O) groups is 1. The van der Waals surface area contributed by atoms with E-state index in [1.807, 2.05) is 0 Å². The topological polar surface area (TPSA) is 26.3 Å². The SMILES string of the molecule is O=C(Oc1cccc(Cl)c1)c1ccc(C(F)(F)F)cc1. The molecule has 0 aliphatic carbocycles. The van der Waals surface area contributed by atoms with Crippen molar-refractivity contribution < 1.29 is 22.7 Å². The fourth-order valence-electron chi connectivity index (χ4n) is 1.49. The van der Waals surface area contributed by atoms with Crippen molar-refractivity contribution in [1.29, 1.82) is 0 Å². The predicted octanol–water partition coefficient (Wildman–Crippen LogP) is 4.58. The van der Waals surface area contributed by atoms with Crippen LogP contribution in [0.3, 0.4) is 0 Å². The zero-order valence-electron chi connectivity index (χ0n) is 9.95. The monoisotopic (exact) mass is 300 g/mol. The van der Waals surface area contributed by atoms with Gasteiger partial charge >= 0.3 is 12.1 Å². The second-order valence-corrected chi connectivity index (χ2v) is 4.36. The third kappa shape index (κ3) is 3.51. The molecule has 0 aliphatic rings. The molecule has 0 saturated heterocycles. The van der Waals surface area contributed by atoms with Gasteiger partial charge in [-0.2, -0.15) is 13.2 Å². The second-order valence-electron chi connectivity index (χ2n) is 3.92. The first-order valence-electron chi connectivity index (χ1n) is 5.51. The van der Waals surface area contributed by atoms with E-state index in [-0.39, 0.29) is 11.3 Å². The Bertz CT molecular complexity index is 621. The molecule has 0 atom stereocenters. The zero-order chi connectivity index (χ0) is 14.8. The maximum absolute atomic E-state index is 12.4. The Morgan fingerprint density at radius 3 is 2.25 bits per heavy atom. The van der Waals surface area contributed by atoms with Crippen LogP contribution in [0.5, 0.6) is 5.75 Å². The number of esters is 1. The number of rotatable bonds is 2. The Labute approximate surface area is 117 Å². The summed E-state index contributed by atoms with van der Waals surface area (Å²) in [5.41, 5.74) is -0.796. The molecule has 2 aromatic carbocycles. The van der Waals surface area contributed by atoms with Gasteiger partial charge in [0.2, 0.25) is 0 Å². The van der Waals surface area contributed by atoms with Gasteiger partial charge in [0.15, 0.2) is 0 Å². The highest BCUT2D eigenvalue weighted by molar-refractivity contribution is 6.30. The second kappa shape index (κ2) is 5.54. The molecule has 0 amide bonds. The van der Waals surface area contributed by atoms with Crippen molar-refractivity contribution in [2.24, 2.45) is 0 Å². The van der Waals surface area contributed by atoms with Gasteiger partial charge in [0.05, 0.1) is 11.1 Å². The number of hydrogen-bond acceptors (Lipinski definition) is 2. The Morgan fingerprint density at radius 2 is 1.70 bits per heavy atom. The molecule has 0 aromatic heterocycles.